The fraction of sp³-hybridized carbons (Fsp3) is 0.333. The van der Waals surface area contributed by atoms with Gasteiger partial charge in [-0.3, -0.25) is 4.79 Å². The summed E-state index contributed by atoms with van der Waals surface area (Å²) < 4.78 is 40.0. The maximum absolute atomic E-state index is 12.8. The summed E-state index contributed by atoms with van der Waals surface area (Å²) in [5.41, 5.74) is 3.63. The zero-order chi connectivity index (χ0) is 23.5. The molecular weight excluding hydrogens is 437 g/mol. The van der Waals surface area contributed by atoms with E-state index in [0.717, 1.165) is 51.6 Å². The van der Waals surface area contributed by atoms with Crippen molar-refractivity contribution >= 4 is 17.7 Å². The summed E-state index contributed by atoms with van der Waals surface area (Å²) in [5, 5.41) is 13.4. The van der Waals surface area contributed by atoms with Crippen molar-refractivity contribution in [1.82, 2.24) is 9.78 Å². The van der Waals surface area contributed by atoms with Crippen molar-refractivity contribution in [3.8, 4) is 5.69 Å². The van der Waals surface area contributed by atoms with Gasteiger partial charge in [-0.25, -0.2) is 4.68 Å². The number of hydrogen-bond donors (Lipinski definition) is 1. The number of aryl methyl sites for hydroxylation is 2. The smallest absolute Gasteiger partial charge is 0.416 e. The van der Waals surface area contributed by atoms with E-state index in [9.17, 15) is 18.0 Å². The highest BCUT2D eigenvalue weighted by molar-refractivity contribution is 7.99. The predicted molar refractivity (Wildman–Crippen MR) is 120 cm³/mol. The Balaban J connectivity index is 1.61. The number of nitrogens with zero attached hydrogens (tertiary/aromatic N) is 2. The van der Waals surface area contributed by atoms with E-state index in [-0.39, 0.29) is 12.3 Å². The van der Waals surface area contributed by atoms with Crippen LogP contribution in [-0.4, -0.2) is 26.6 Å². The monoisotopic (exact) mass is 462 g/mol. The van der Waals surface area contributed by atoms with E-state index in [1.54, 1.807) is 16.4 Å². The van der Waals surface area contributed by atoms with Crippen LogP contribution >= 0.6 is 11.8 Å². The Morgan fingerprint density at radius 1 is 1.16 bits per heavy atom. The Morgan fingerprint density at radius 2 is 1.84 bits per heavy atom. The predicted octanol–water partition coefficient (Wildman–Crippen LogP) is 6.42. The number of aromatic nitrogens is 2. The van der Waals surface area contributed by atoms with Crippen LogP contribution in [0.15, 0.2) is 53.6 Å². The molecule has 32 heavy (non-hydrogen) atoms. The molecule has 3 aromatic rings. The van der Waals surface area contributed by atoms with E-state index in [2.05, 4.69) is 12.0 Å². The van der Waals surface area contributed by atoms with Crippen molar-refractivity contribution in [3.05, 3.63) is 76.6 Å². The standard InChI is InChI=1S/C24H25F3N2O2S/c1-15(10-11-32-21-9-4-18(13-23(30)31)16(2)12-21)22-14-29(28-17(22)3)20-7-5-19(6-8-20)24(25,26)27/h4-9,12,14-15H,10-11,13H2,1-3H3,(H,30,31). The Kier molecular flexibility index (Phi) is 7.33. The quantitative estimate of drug-likeness (QED) is 0.393. The molecule has 0 aliphatic heterocycles. The third-order valence-electron chi connectivity index (χ3n) is 5.40. The van der Waals surface area contributed by atoms with Crippen LogP contribution in [0.5, 0.6) is 0 Å². The Hall–Kier alpha value is -2.74. The minimum Gasteiger partial charge on any atom is -0.481 e. The van der Waals surface area contributed by atoms with Gasteiger partial charge in [-0.2, -0.15) is 18.3 Å². The molecular formula is C24H25F3N2O2S. The zero-order valence-electron chi connectivity index (χ0n) is 18.1. The van der Waals surface area contributed by atoms with Gasteiger partial charge in [-0.1, -0.05) is 13.0 Å². The van der Waals surface area contributed by atoms with Crippen LogP contribution in [0.25, 0.3) is 5.69 Å². The van der Waals surface area contributed by atoms with Gasteiger partial charge in [-0.05, 0) is 85.0 Å². The molecule has 0 radical (unpaired) electrons. The Bertz CT molecular complexity index is 1090. The molecule has 1 aromatic heterocycles. The maximum atomic E-state index is 12.8. The van der Waals surface area contributed by atoms with Crippen molar-refractivity contribution in [2.45, 2.75) is 50.6 Å². The molecule has 0 aliphatic carbocycles. The van der Waals surface area contributed by atoms with Crippen molar-refractivity contribution in [2.75, 3.05) is 5.75 Å². The first-order valence-electron chi connectivity index (χ1n) is 10.2. The second kappa shape index (κ2) is 9.81. The fourth-order valence-electron chi connectivity index (χ4n) is 3.52. The number of thioether (sulfide) groups is 1. The molecule has 2 aromatic carbocycles. The summed E-state index contributed by atoms with van der Waals surface area (Å²) in [6.45, 7) is 5.94. The summed E-state index contributed by atoms with van der Waals surface area (Å²) >= 11 is 1.72. The second-order valence-electron chi connectivity index (χ2n) is 7.86. The highest BCUT2D eigenvalue weighted by Crippen LogP contribution is 2.31. The molecule has 0 saturated carbocycles. The molecule has 170 valence electrons. The number of aliphatic carboxylic acids is 1. The van der Waals surface area contributed by atoms with Gasteiger partial charge in [0.1, 0.15) is 0 Å². The molecule has 1 heterocycles. The first kappa shape index (κ1) is 23.9. The van der Waals surface area contributed by atoms with E-state index in [1.807, 2.05) is 38.2 Å². The SMILES string of the molecule is Cc1cc(SCCC(C)c2cn(-c3ccc(C(F)(F)F)cc3)nc2C)ccc1CC(=O)O. The van der Waals surface area contributed by atoms with Gasteiger partial charge >= 0.3 is 12.1 Å². The molecule has 0 bridgehead atoms. The lowest BCUT2D eigenvalue weighted by molar-refractivity contribution is -0.138. The van der Waals surface area contributed by atoms with Crippen molar-refractivity contribution < 1.29 is 23.1 Å². The largest absolute Gasteiger partial charge is 0.481 e. The van der Waals surface area contributed by atoms with Crippen molar-refractivity contribution in [3.63, 3.8) is 0 Å². The van der Waals surface area contributed by atoms with Gasteiger partial charge in [0.15, 0.2) is 0 Å². The van der Waals surface area contributed by atoms with Crippen LogP contribution in [-0.2, 0) is 17.4 Å². The van der Waals surface area contributed by atoms with Gasteiger partial charge in [0.2, 0.25) is 0 Å². The number of carboxylic acids is 1. The third kappa shape index (κ3) is 5.94. The van der Waals surface area contributed by atoms with Crippen molar-refractivity contribution in [1.29, 1.82) is 0 Å². The lowest BCUT2D eigenvalue weighted by Crippen LogP contribution is -2.05. The highest BCUT2D eigenvalue weighted by atomic mass is 32.2. The van der Waals surface area contributed by atoms with E-state index in [0.29, 0.717) is 5.69 Å². The highest BCUT2D eigenvalue weighted by Gasteiger charge is 2.30. The first-order chi connectivity index (χ1) is 15.0. The summed E-state index contributed by atoms with van der Waals surface area (Å²) in [4.78, 5) is 12.0. The van der Waals surface area contributed by atoms with Gasteiger partial charge in [-0.15, -0.1) is 11.8 Å². The first-order valence-corrected chi connectivity index (χ1v) is 11.2. The number of rotatable bonds is 8. The molecule has 8 heteroatoms. The molecule has 4 nitrogen and oxygen atoms in total. The Labute approximate surface area is 189 Å². The molecule has 0 fully saturated rings. The van der Waals surface area contributed by atoms with Crippen LogP contribution in [0.4, 0.5) is 13.2 Å². The number of halogens is 3. The van der Waals surface area contributed by atoms with E-state index in [4.69, 9.17) is 5.11 Å². The minimum atomic E-state index is -4.36. The van der Waals surface area contributed by atoms with Gasteiger partial charge in [0, 0.05) is 11.1 Å². The normalized spacial score (nSPS) is 12.7. The lowest BCUT2D eigenvalue weighted by Gasteiger charge is -2.11. The van der Waals surface area contributed by atoms with Crippen LogP contribution in [0.1, 0.15) is 47.2 Å². The zero-order valence-corrected chi connectivity index (χ0v) is 18.9. The molecule has 1 atom stereocenters. The van der Waals surface area contributed by atoms with Gasteiger partial charge in [0.05, 0.1) is 23.4 Å². The summed E-state index contributed by atoms with van der Waals surface area (Å²) in [6, 6.07) is 10.8. The molecule has 0 spiro atoms. The second-order valence-corrected chi connectivity index (χ2v) is 9.02. The maximum Gasteiger partial charge on any atom is 0.416 e. The molecule has 1 unspecified atom stereocenters. The Morgan fingerprint density at radius 3 is 2.44 bits per heavy atom. The topological polar surface area (TPSA) is 55.1 Å². The molecule has 1 N–H and O–H groups in total. The summed E-state index contributed by atoms with van der Waals surface area (Å²) in [5.74, 6) is 0.275. The van der Waals surface area contributed by atoms with Crippen LogP contribution in [0.3, 0.4) is 0 Å². The average Bonchev–Trinajstić information content (AvgIpc) is 3.11. The third-order valence-corrected chi connectivity index (χ3v) is 6.43. The lowest BCUT2D eigenvalue weighted by atomic mass is 10.00. The summed E-state index contributed by atoms with van der Waals surface area (Å²) in [7, 11) is 0. The number of carbonyl (C=O) groups is 1. The minimum absolute atomic E-state index is 0.0238. The van der Waals surface area contributed by atoms with Crippen LogP contribution < -0.4 is 0 Å². The van der Waals surface area contributed by atoms with Gasteiger partial charge in [0.25, 0.3) is 0 Å². The molecule has 0 amide bonds. The van der Waals surface area contributed by atoms with Gasteiger partial charge < -0.3 is 5.11 Å². The van der Waals surface area contributed by atoms with E-state index < -0.39 is 17.7 Å². The number of alkyl halides is 3. The van der Waals surface area contributed by atoms with Crippen molar-refractivity contribution in [2.24, 2.45) is 0 Å². The molecule has 0 saturated heterocycles. The summed E-state index contributed by atoms with van der Waals surface area (Å²) in [6.07, 6.45) is -1.54. The fourth-order valence-corrected chi connectivity index (χ4v) is 4.65. The number of hydrogen-bond acceptors (Lipinski definition) is 3. The number of benzene rings is 2. The molecule has 0 aliphatic rings. The van der Waals surface area contributed by atoms with E-state index in [1.165, 1.54) is 12.1 Å². The molecule has 3 rings (SSSR count). The average molecular weight is 463 g/mol. The van der Waals surface area contributed by atoms with Crippen LogP contribution in [0.2, 0.25) is 0 Å². The van der Waals surface area contributed by atoms with Crippen LogP contribution in [0, 0.1) is 13.8 Å². The van der Waals surface area contributed by atoms with E-state index >= 15 is 0 Å². The number of carboxylic acid groups (broad SMARTS) is 1.